The third-order valence-corrected chi connectivity index (χ3v) is 6.21. The van der Waals surface area contributed by atoms with Crippen LogP contribution in [0.2, 0.25) is 0 Å². The molecule has 172 valence electrons. The van der Waals surface area contributed by atoms with Gasteiger partial charge in [0.2, 0.25) is 0 Å². The van der Waals surface area contributed by atoms with Gasteiger partial charge in [-0.25, -0.2) is 4.98 Å². The summed E-state index contributed by atoms with van der Waals surface area (Å²) in [5.41, 5.74) is 2.60. The average Bonchev–Trinajstić information content (AvgIpc) is 3.24. The Morgan fingerprint density at radius 1 is 1.06 bits per heavy atom. The van der Waals surface area contributed by atoms with Gasteiger partial charge in [-0.15, -0.1) is 11.3 Å². The van der Waals surface area contributed by atoms with Gasteiger partial charge in [-0.1, -0.05) is 48.5 Å². The number of aromatic nitrogens is 2. The summed E-state index contributed by atoms with van der Waals surface area (Å²) >= 11 is 1.43. The van der Waals surface area contributed by atoms with Gasteiger partial charge in [-0.2, -0.15) is 0 Å². The van der Waals surface area contributed by atoms with Crippen molar-refractivity contribution < 1.29 is 14.6 Å². The molecule has 8 heteroatoms. The topological polar surface area (TPSA) is 87.7 Å². The molecule has 2 heterocycles. The van der Waals surface area contributed by atoms with Crippen LogP contribution >= 0.6 is 11.3 Å². The maximum Gasteiger partial charge on any atom is 0.260 e. The van der Waals surface area contributed by atoms with Gasteiger partial charge >= 0.3 is 0 Å². The highest BCUT2D eigenvalue weighted by atomic mass is 32.1. The first kappa shape index (κ1) is 23.1. The number of nitrogens with zero attached hydrogens (tertiary/aromatic N) is 2. The molecule has 0 fully saturated rings. The summed E-state index contributed by atoms with van der Waals surface area (Å²) in [6.07, 6.45) is -0.645. The largest absolute Gasteiger partial charge is 0.496 e. The van der Waals surface area contributed by atoms with Gasteiger partial charge in [-0.05, 0) is 11.6 Å². The second-order valence-corrected chi connectivity index (χ2v) is 8.66. The number of fused-ring (bicyclic) bond motifs is 1. The molecule has 0 bridgehead atoms. The standard InChI is InChI=1S/C25H27N3O4S/c1-31-15-18(29)13-28(12-17-8-4-3-5-9-17)14-22-26-24(30)23-20(16-33-25(23)27-22)19-10-6-7-11-21(19)32-2/h3-11,16,18,29H,12-15H2,1-2H3,(H,26,27,30)/t18-/m0/s1. The summed E-state index contributed by atoms with van der Waals surface area (Å²) in [6, 6.07) is 17.6. The number of rotatable bonds is 10. The third-order valence-electron chi connectivity index (χ3n) is 5.34. The predicted octanol–water partition coefficient (Wildman–Crippen LogP) is 3.67. The van der Waals surface area contributed by atoms with Gasteiger partial charge in [0, 0.05) is 36.7 Å². The van der Waals surface area contributed by atoms with E-state index in [1.54, 1.807) is 14.2 Å². The number of hydrogen-bond donors (Lipinski definition) is 2. The number of thiophene rings is 1. The van der Waals surface area contributed by atoms with Gasteiger partial charge in [0.25, 0.3) is 5.56 Å². The van der Waals surface area contributed by atoms with Crippen molar-refractivity contribution in [2.24, 2.45) is 0 Å². The number of H-pyrrole nitrogens is 1. The van der Waals surface area contributed by atoms with Gasteiger partial charge < -0.3 is 19.6 Å². The molecule has 1 atom stereocenters. The maximum atomic E-state index is 13.1. The summed E-state index contributed by atoms with van der Waals surface area (Å²) in [6.45, 7) is 1.63. The van der Waals surface area contributed by atoms with E-state index in [9.17, 15) is 9.90 Å². The number of nitrogens with one attached hydrogen (secondary N) is 1. The number of methoxy groups -OCH3 is 2. The molecule has 0 radical (unpaired) electrons. The molecular weight excluding hydrogens is 438 g/mol. The summed E-state index contributed by atoms with van der Waals surface area (Å²) in [5.74, 6) is 1.27. The highest BCUT2D eigenvalue weighted by Crippen LogP contribution is 2.36. The normalized spacial score (nSPS) is 12.4. The number of aliphatic hydroxyl groups excluding tert-OH is 1. The zero-order chi connectivity index (χ0) is 23.2. The van der Waals surface area contributed by atoms with Crippen LogP contribution in [-0.4, -0.2) is 53.4 Å². The van der Waals surface area contributed by atoms with E-state index < -0.39 is 6.10 Å². The molecule has 0 aliphatic rings. The third kappa shape index (κ3) is 5.48. The summed E-state index contributed by atoms with van der Waals surface area (Å²) in [4.78, 5) is 23.5. The lowest BCUT2D eigenvalue weighted by atomic mass is 10.1. The maximum absolute atomic E-state index is 13.1. The van der Waals surface area contributed by atoms with Crippen LogP contribution in [0.15, 0.2) is 64.8 Å². The van der Waals surface area contributed by atoms with Crippen molar-refractivity contribution in [3.63, 3.8) is 0 Å². The van der Waals surface area contributed by atoms with Gasteiger partial charge in [-0.3, -0.25) is 9.69 Å². The van der Waals surface area contributed by atoms with Gasteiger partial charge in [0.1, 0.15) is 16.4 Å². The molecular formula is C25H27N3O4S. The second-order valence-electron chi connectivity index (χ2n) is 7.81. The smallest absolute Gasteiger partial charge is 0.260 e. The number of benzene rings is 2. The zero-order valence-corrected chi connectivity index (χ0v) is 19.5. The Kier molecular flexibility index (Phi) is 7.51. The van der Waals surface area contributed by atoms with E-state index >= 15 is 0 Å². The molecule has 33 heavy (non-hydrogen) atoms. The molecule has 0 saturated heterocycles. The van der Waals surface area contributed by atoms with Crippen molar-refractivity contribution in [2.75, 3.05) is 27.4 Å². The highest BCUT2D eigenvalue weighted by Gasteiger charge is 2.18. The van der Waals surface area contributed by atoms with E-state index in [0.29, 0.717) is 41.4 Å². The number of ether oxygens (including phenoxy) is 2. The minimum atomic E-state index is -0.645. The summed E-state index contributed by atoms with van der Waals surface area (Å²) < 4.78 is 10.6. The lowest BCUT2D eigenvalue weighted by molar-refractivity contribution is 0.0332. The average molecular weight is 466 g/mol. The van der Waals surface area contributed by atoms with Crippen molar-refractivity contribution in [2.45, 2.75) is 19.2 Å². The van der Waals surface area contributed by atoms with E-state index in [1.165, 1.54) is 11.3 Å². The Morgan fingerprint density at radius 2 is 1.82 bits per heavy atom. The zero-order valence-electron chi connectivity index (χ0n) is 18.7. The monoisotopic (exact) mass is 465 g/mol. The van der Waals surface area contributed by atoms with Crippen LogP contribution in [0.25, 0.3) is 21.3 Å². The van der Waals surface area contributed by atoms with Crippen LogP contribution in [0, 0.1) is 0 Å². The van der Waals surface area contributed by atoms with Crippen molar-refractivity contribution >= 4 is 21.6 Å². The van der Waals surface area contributed by atoms with E-state index in [1.807, 2.05) is 60.0 Å². The fourth-order valence-electron chi connectivity index (χ4n) is 3.92. The molecule has 0 unspecified atom stereocenters. The molecule has 2 N–H and O–H groups in total. The Morgan fingerprint density at radius 3 is 2.58 bits per heavy atom. The molecule has 4 aromatic rings. The van der Waals surface area contributed by atoms with Gasteiger partial charge in [0.05, 0.1) is 31.8 Å². The summed E-state index contributed by atoms with van der Waals surface area (Å²) in [5, 5.41) is 12.8. The molecule has 0 spiro atoms. The minimum Gasteiger partial charge on any atom is -0.496 e. The van der Waals surface area contributed by atoms with Gasteiger partial charge in [0.15, 0.2) is 0 Å². The fourth-order valence-corrected chi connectivity index (χ4v) is 4.87. The summed E-state index contributed by atoms with van der Waals surface area (Å²) in [7, 11) is 3.18. The predicted molar refractivity (Wildman–Crippen MR) is 131 cm³/mol. The molecule has 7 nitrogen and oxygen atoms in total. The number of aliphatic hydroxyl groups is 1. The fraction of sp³-hybridized carbons (Fsp3) is 0.280. The van der Waals surface area contributed by atoms with Crippen LogP contribution in [0.3, 0.4) is 0 Å². The first-order valence-electron chi connectivity index (χ1n) is 10.7. The first-order valence-corrected chi connectivity index (χ1v) is 11.5. The van der Waals surface area contributed by atoms with E-state index in [2.05, 4.69) is 9.88 Å². The van der Waals surface area contributed by atoms with Crippen LogP contribution in [0.5, 0.6) is 5.75 Å². The molecule has 0 saturated carbocycles. The van der Waals surface area contributed by atoms with E-state index in [4.69, 9.17) is 14.5 Å². The van der Waals surface area contributed by atoms with Crippen molar-refractivity contribution in [3.8, 4) is 16.9 Å². The Balaban J connectivity index is 1.64. The Bertz CT molecular complexity index is 1260. The Hall–Kier alpha value is -3.04. The lowest BCUT2D eigenvalue weighted by Gasteiger charge is -2.24. The molecule has 4 rings (SSSR count). The molecule has 0 aliphatic carbocycles. The van der Waals surface area contributed by atoms with Crippen molar-refractivity contribution in [3.05, 3.63) is 81.7 Å². The SMILES string of the molecule is COC[C@@H](O)CN(Cc1ccccc1)Cc1nc2scc(-c3ccccc3OC)c2c(=O)[nH]1. The van der Waals surface area contributed by atoms with Crippen molar-refractivity contribution in [1.29, 1.82) is 0 Å². The second kappa shape index (κ2) is 10.7. The van der Waals surface area contributed by atoms with Crippen LogP contribution in [-0.2, 0) is 17.8 Å². The van der Waals surface area contributed by atoms with Crippen LogP contribution in [0.4, 0.5) is 0 Å². The molecule has 0 amide bonds. The molecule has 2 aromatic carbocycles. The van der Waals surface area contributed by atoms with E-state index in [-0.39, 0.29) is 12.2 Å². The van der Waals surface area contributed by atoms with Crippen LogP contribution < -0.4 is 10.3 Å². The first-order chi connectivity index (χ1) is 16.1. The lowest BCUT2D eigenvalue weighted by Crippen LogP contribution is -2.35. The minimum absolute atomic E-state index is 0.186. The number of hydrogen-bond acceptors (Lipinski definition) is 7. The number of para-hydroxylation sites is 1. The quantitative estimate of drug-likeness (QED) is 0.372. The van der Waals surface area contributed by atoms with Crippen LogP contribution in [0.1, 0.15) is 11.4 Å². The highest BCUT2D eigenvalue weighted by molar-refractivity contribution is 7.17. The Labute approximate surface area is 196 Å². The van der Waals surface area contributed by atoms with Crippen molar-refractivity contribution in [1.82, 2.24) is 14.9 Å². The molecule has 2 aromatic heterocycles. The molecule has 0 aliphatic heterocycles. The number of aromatic amines is 1. The van der Waals surface area contributed by atoms with E-state index in [0.717, 1.165) is 16.7 Å².